The van der Waals surface area contributed by atoms with Gasteiger partial charge in [-0.05, 0) is 19.3 Å². The first kappa shape index (κ1) is 56.9. The average Bonchev–Trinajstić information content (AvgIpc) is 3.25. The molecule has 0 saturated carbocycles. The number of nitrogens with one attached hydrogen (secondary N) is 1. The summed E-state index contributed by atoms with van der Waals surface area (Å²) in [4.78, 5) is 13.0. The summed E-state index contributed by atoms with van der Waals surface area (Å²) in [6.07, 6.45) is 42.6. The maximum atomic E-state index is 13.0. The summed E-state index contributed by atoms with van der Waals surface area (Å²) in [7, 11) is 0. The van der Waals surface area contributed by atoms with Crippen LogP contribution in [0.1, 0.15) is 251 Å². The Hall–Kier alpha value is -1.07. The monoisotopic (exact) mass is 854 g/mol. The van der Waals surface area contributed by atoms with Crippen molar-refractivity contribution in [3.63, 3.8) is 0 Å². The molecule has 0 aromatic rings. The quantitative estimate of drug-likeness (QED) is 0.0262. The van der Waals surface area contributed by atoms with Crippen LogP contribution in [0.3, 0.4) is 0 Å². The highest BCUT2D eigenvalue weighted by atomic mass is 16.7. The van der Waals surface area contributed by atoms with E-state index in [4.69, 9.17) is 9.47 Å². The summed E-state index contributed by atoms with van der Waals surface area (Å²) in [5.74, 6) is -0.172. The van der Waals surface area contributed by atoms with Gasteiger partial charge in [-0.1, -0.05) is 238 Å². The molecule has 1 fully saturated rings. The van der Waals surface area contributed by atoms with E-state index >= 15 is 0 Å². The molecule has 60 heavy (non-hydrogen) atoms. The van der Waals surface area contributed by atoms with Crippen molar-refractivity contribution in [3.8, 4) is 0 Å². The number of amides is 1. The number of ether oxygens (including phenoxy) is 2. The van der Waals surface area contributed by atoms with Crippen LogP contribution < -0.4 is 5.32 Å². The van der Waals surface area contributed by atoms with Gasteiger partial charge in [0.05, 0.1) is 25.4 Å². The normalized spacial score (nSPS) is 20.6. The number of carbonyl (C=O) groups excluding carboxylic acids is 1. The van der Waals surface area contributed by atoms with Crippen LogP contribution in [0, 0.1) is 0 Å². The Bertz CT molecular complexity index is 950. The van der Waals surface area contributed by atoms with E-state index in [0.717, 1.165) is 38.5 Å². The van der Waals surface area contributed by atoms with Gasteiger partial charge < -0.3 is 40.3 Å². The Morgan fingerprint density at radius 1 is 0.550 bits per heavy atom. The van der Waals surface area contributed by atoms with Gasteiger partial charge in [-0.2, -0.15) is 0 Å². The number of hydrogen-bond donors (Lipinski definition) is 6. The molecule has 1 heterocycles. The van der Waals surface area contributed by atoms with Crippen LogP contribution in [0.25, 0.3) is 0 Å². The van der Waals surface area contributed by atoms with Gasteiger partial charge in [0.2, 0.25) is 5.91 Å². The first-order chi connectivity index (χ1) is 29.3. The summed E-state index contributed by atoms with van der Waals surface area (Å²) in [5, 5.41) is 54.4. The van der Waals surface area contributed by atoms with E-state index in [2.05, 4.69) is 19.2 Å². The van der Waals surface area contributed by atoms with E-state index in [1.165, 1.54) is 193 Å². The molecule has 356 valence electrons. The Kier molecular flexibility index (Phi) is 39.8. The minimum absolute atomic E-state index is 0.172. The topological polar surface area (TPSA) is 149 Å². The third-order valence-corrected chi connectivity index (χ3v) is 12.6. The smallest absolute Gasteiger partial charge is 0.220 e. The van der Waals surface area contributed by atoms with Crippen LogP contribution in [-0.2, 0) is 14.3 Å². The number of carbonyl (C=O) groups is 1. The van der Waals surface area contributed by atoms with Gasteiger partial charge in [0.1, 0.15) is 24.4 Å². The molecular weight excluding hydrogens is 755 g/mol. The van der Waals surface area contributed by atoms with Crippen LogP contribution in [0.4, 0.5) is 0 Å². The number of hydrogen-bond acceptors (Lipinski definition) is 8. The number of aliphatic hydroxyl groups excluding tert-OH is 5. The fourth-order valence-corrected chi connectivity index (χ4v) is 8.45. The molecule has 0 bridgehead atoms. The van der Waals surface area contributed by atoms with Gasteiger partial charge in [-0.3, -0.25) is 4.79 Å². The van der Waals surface area contributed by atoms with E-state index in [9.17, 15) is 30.3 Å². The Morgan fingerprint density at radius 2 is 0.917 bits per heavy atom. The molecule has 0 aromatic carbocycles. The van der Waals surface area contributed by atoms with Gasteiger partial charge in [0.25, 0.3) is 0 Å². The molecule has 7 unspecified atom stereocenters. The molecule has 0 aliphatic carbocycles. The lowest BCUT2D eigenvalue weighted by atomic mass is 9.99. The summed E-state index contributed by atoms with van der Waals surface area (Å²) < 4.78 is 11.2. The van der Waals surface area contributed by atoms with E-state index in [1.807, 2.05) is 6.08 Å². The van der Waals surface area contributed by atoms with E-state index in [0.29, 0.717) is 6.42 Å². The SMILES string of the molecule is CCCCCCCCCCCCCCCCCC/C=C/C(O)C(COC1OC(CO)C(O)C(O)C1O)NC(=O)CCCCCCCCCCCCCCCCCCCCC. The lowest BCUT2D eigenvalue weighted by Gasteiger charge is -2.40. The fourth-order valence-electron chi connectivity index (χ4n) is 8.45. The minimum Gasteiger partial charge on any atom is -0.394 e. The van der Waals surface area contributed by atoms with E-state index in [-0.39, 0.29) is 12.5 Å². The molecule has 1 rings (SSSR count). The van der Waals surface area contributed by atoms with Crippen molar-refractivity contribution in [2.75, 3.05) is 13.2 Å². The molecule has 0 aromatic heterocycles. The third kappa shape index (κ3) is 31.7. The van der Waals surface area contributed by atoms with Gasteiger partial charge in [-0.15, -0.1) is 0 Å². The number of rotatable bonds is 44. The van der Waals surface area contributed by atoms with Crippen molar-refractivity contribution < 1.29 is 39.8 Å². The van der Waals surface area contributed by atoms with Gasteiger partial charge in [0.15, 0.2) is 6.29 Å². The molecule has 9 nitrogen and oxygen atoms in total. The fraction of sp³-hybridized carbons (Fsp3) is 0.941. The average molecular weight is 854 g/mol. The number of unbranched alkanes of at least 4 members (excludes halogenated alkanes) is 34. The first-order valence-corrected chi connectivity index (χ1v) is 25.9. The van der Waals surface area contributed by atoms with Crippen LogP contribution in [0.5, 0.6) is 0 Å². The Morgan fingerprint density at radius 3 is 1.30 bits per heavy atom. The first-order valence-electron chi connectivity index (χ1n) is 25.9. The lowest BCUT2D eigenvalue weighted by molar-refractivity contribution is -0.302. The molecule has 1 saturated heterocycles. The standard InChI is InChI=1S/C51H99NO8/c1-3-5-7-9-11-13-15-17-19-21-23-25-27-29-31-33-35-37-39-41-47(55)52-44(43-59-51-50(58)49(57)48(56)46(42-53)60-51)45(54)40-38-36-34-32-30-28-26-24-22-20-18-16-14-12-10-8-6-4-2/h38,40,44-46,48-51,53-54,56-58H,3-37,39,41-43H2,1-2H3,(H,52,55)/b40-38+. The molecule has 1 aliphatic rings. The van der Waals surface area contributed by atoms with Crippen molar-refractivity contribution in [1.29, 1.82) is 0 Å². The summed E-state index contributed by atoms with van der Waals surface area (Å²) in [6, 6.07) is -0.799. The van der Waals surface area contributed by atoms with Gasteiger partial charge >= 0.3 is 0 Å². The van der Waals surface area contributed by atoms with Crippen molar-refractivity contribution in [2.24, 2.45) is 0 Å². The highest BCUT2D eigenvalue weighted by Gasteiger charge is 2.44. The summed E-state index contributed by atoms with van der Waals surface area (Å²) >= 11 is 0. The highest BCUT2D eigenvalue weighted by Crippen LogP contribution is 2.23. The van der Waals surface area contributed by atoms with Crippen molar-refractivity contribution in [2.45, 2.75) is 294 Å². The summed E-state index contributed by atoms with van der Waals surface area (Å²) in [6.45, 7) is 3.81. The molecule has 1 amide bonds. The molecule has 6 N–H and O–H groups in total. The number of aliphatic hydroxyl groups is 5. The summed E-state index contributed by atoms with van der Waals surface area (Å²) in [5.41, 5.74) is 0. The maximum Gasteiger partial charge on any atom is 0.220 e. The second kappa shape index (κ2) is 41.9. The third-order valence-electron chi connectivity index (χ3n) is 12.6. The zero-order valence-electron chi connectivity index (χ0n) is 39.2. The second-order valence-corrected chi connectivity index (χ2v) is 18.3. The second-order valence-electron chi connectivity index (χ2n) is 18.3. The van der Waals surface area contributed by atoms with Crippen LogP contribution in [-0.4, -0.2) is 87.5 Å². The molecular formula is C51H99NO8. The maximum absolute atomic E-state index is 13.0. The predicted octanol–water partition coefficient (Wildman–Crippen LogP) is 11.7. The van der Waals surface area contributed by atoms with Crippen LogP contribution in [0.2, 0.25) is 0 Å². The molecule has 0 radical (unpaired) electrons. The van der Waals surface area contributed by atoms with Crippen molar-refractivity contribution in [3.05, 3.63) is 12.2 Å². The van der Waals surface area contributed by atoms with Crippen molar-refractivity contribution in [1.82, 2.24) is 5.32 Å². The van der Waals surface area contributed by atoms with Crippen LogP contribution in [0.15, 0.2) is 12.2 Å². The molecule has 7 atom stereocenters. The predicted molar refractivity (Wildman–Crippen MR) is 249 cm³/mol. The Balaban J connectivity index is 2.28. The van der Waals surface area contributed by atoms with Crippen molar-refractivity contribution >= 4 is 5.91 Å². The molecule has 1 aliphatic heterocycles. The largest absolute Gasteiger partial charge is 0.394 e. The van der Waals surface area contributed by atoms with E-state index in [1.54, 1.807) is 6.08 Å². The zero-order chi connectivity index (χ0) is 43.7. The molecule has 9 heteroatoms. The van der Waals surface area contributed by atoms with E-state index < -0.39 is 49.5 Å². The lowest BCUT2D eigenvalue weighted by Crippen LogP contribution is -2.60. The highest BCUT2D eigenvalue weighted by molar-refractivity contribution is 5.76. The number of allylic oxidation sites excluding steroid dienone is 1. The molecule has 0 spiro atoms. The van der Waals surface area contributed by atoms with Gasteiger partial charge in [-0.25, -0.2) is 0 Å². The van der Waals surface area contributed by atoms with Gasteiger partial charge in [0, 0.05) is 6.42 Å². The van der Waals surface area contributed by atoms with Crippen LogP contribution >= 0.6 is 0 Å². The minimum atomic E-state index is -1.56. The zero-order valence-corrected chi connectivity index (χ0v) is 39.2. The Labute approximate surface area is 369 Å².